The second-order valence-corrected chi connectivity index (χ2v) is 5.64. The topological polar surface area (TPSA) is 90.4 Å². The monoisotopic (exact) mass is 273 g/mol. The lowest BCUT2D eigenvalue weighted by molar-refractivity contribution is -0.0305. The molecular formula is C11H16ClN3O3. The molecular weight excluding hydrogens is 258 g/mol. The van der Waals surface area contributed by atoms with Crippen LogP contribution in [0.3, 0.4) is 0 Å². The van der Waals surface area contributed by atoms with Crippen LogP contribution < -0.4 is 11.4 Å². The van der Waals surface area contributed by atoms with Crippen molar-refractivity contribution >= 4 is 17.4 Å². The van der Waals surface area contributed by atoms with Gasteiger partial charge in [-0.25, -0.2) is 4.79 Å². The number of nitrogens with zero attached hydrogens (tertiary/aromatic N) is 2. The number of aryl methyl sites for hydroxylation is 1. The lowest BCUT2D eigenvalue weighted by Crippen LogP contribution is -2.35. The molecule has 3 atom stereocenters. The molecule has 1 aromatic rings. The lowest BCUT2D eigenvalue weighted by atomic mass is 10.0. The van der Waals surface area contributed by atoms with Gasteiger partial charge in [0.05, 0.1) is 17.6 Å². The molecule has 2 rings (SSSR count). The van der Waals surface area contributed by atoms with Crippen molar-refractivity contribution in [1.82, 2.24) is 9.55 Å². The first-order chi connectivity index (χ1) is 8.35. The molecule has 18 heavy (non-hydrogen) atoms. The molecule has 1 saturated heterocycles. The van der Waals surface area contributed by atoms with Crippen molar-refractivity contribution in [3.63, 3.8) is 0 Å². The number of alkyl halides is 1. The molecule has 0 aliphatic carbocycles. The van der Waals surface area contributed by atoms with Crippen LogP contribution in [0, 0.1) is 6.92 Å². The second kappa shape index (κ2) is 4.53. The van der Waals surface area contributed by atoms with E-state index in [1.54, 1.807) is 20.0 Å². The zero-order valence-corrected chi connectivity index (χ0v) is 11.0. The molecule has 100 valence electrons. The SMILES string of the molecule is Cc1cn(C2OC(CO)CC2(C)Cl)c(=O)nc1N. The van der Waals surface area contributed by atoms with E-state index in [4.69, 9.17) is 27.2 Å². The maximum atomic E-state index is 11.8. The lowest BCUT2D eigenvalue weighted by Gasteiger charge is -2.24. The van der Waals surface area contributed by atoms with Gasteiger partial charge in [0, 0.05) is 11.8 Å². The summed E-state index contributed by atoms with van der Waals surface area (Å²) < 4.78 is 6.92. The van der Waals surface area contributed by atoms with Gasteiger partial charge in [-0.05, 0) is 20.3 Å². The molecule has 1 fully saturated rings. The largest absolute Gasteiger partial charge is 0.394 e. The fraction of sp³-hybridized carbons (Fsp3) is 0.636. The average Bonchev–Trinajstić information content (AvgIpc) is 2.59. The molecule has 3 N–H and O–H groups in total. The summed E-state index contributed by atoms with van der Waals surface area (Å²) >= 11 is 6.35. The predicted molar refractivity (Wildman–Crippen MR) is 67.5 cm³/mol. The summed E-state index contributed by atoms with van der Waals surface area (Å²) in [5.74, 6) is 0.198. The van der Waals surface area contributed by atoms with Crippen LogP contribution in [0.25, 0.3) is 0 Å². The Labute approximate surface area is 109 Å². The number of ether oxygens (including phenoxy) is 1. The fourth-order valence-electron chi connectivity index (χ4n) is 2.13. The molecule has 1 aliphatic heterocycles. The van der Waals surface area contributed by atoms with Crippen LogP contribution in [0.2, 0.25) is 0 Å². The fourth-order valence-corrected chi connectivity index (χ4v) is 2.46. The first kappa shape index (κ1) is 13.3. The van der Waals surface area contributed by atoms with E-state index in [-0.39, 0.29) is 18.5 Å². The van der Waals surface area contributed by atoms with E-state index in [1.165, 1.54) is 4.57 Å². The van der Waals surface area contributed by atoms with Gasteiger partial charge in [0.25, 0.3) is 0 Å². The highest BCUT2D eigenvalue weighted by Crippen LogP contribution is 2.42. The van der Waals surface area contributed by atoms with Crippen LogP contribution in [0.5, 0.6) is 0 Å². The molecule has 1 aromatic heterocycles. The van der Waals surface area contributed by atoms with E-state index in [0.29, 0.717) is 12.0 Å². The number of nitrogen functional groups attached to an aromatic ring is 1. The van der Waals surface area contributed by atoms with E-state index in [9.17, 15) is 4.79 Å². The minimum Gasteiger partial charge on any atom is -0.394 e. The van der Waals surface area contributed by atoms with Crippen LogP contribution in [-0.4, -0.2) is 32.2 Å². The van der Waals surface area contributed by atoms with Crippen molar-refractivity contribution in [2.75, 3.05) is 12.3 Å². The van der Waals surface area contributed by atoms with Crippen LogP contribution in [0.1, 0.15) is 25.1 Å². The van der Waals surface area contributed by atoms with Gasteiger partial charge in [-0.3, -0.25) is 4.57 Å². The number of aliphatic hydroxyl groups excluding tert-OH is 1. The molecule has 0 saturated carbocycles. The summed E-state index contributed by atoms with van der Waals surface area (Å²) in [4.78, 5) is 14.8. The molecule has 3 unspecified atom stereocenters. The normalized spacial score (nSPS) is 31.8. The van der Waals surface area contributed by atoms with Crippen molar-refractivity contribution in [1.29, 1.82) is 0 Å². The molecule has 0 spiro atoms. The predicted octanol–water partition coefficient (Wildman–Crippen LogP) is 0.411. The summed E-state index contributed by atoms with van der Waals surface area (Å²) in [6.07, 6.45) is 1.01. The van der Waals surface area contributed by atoms with E-state index >= 15 is 0 Å². The number of aliphatic hydroxyl groups is 1. The van der Waals surface area contributed by atoms with Gasteiger partial charge in [-0.15, -0.1) is 11.6 Å². The zero-order valence-electron chi connectivity index (χ0n) is 10.3. The molecule has 0 aromatic carbocycles. The summed E-state index contributed by atoms with van der Waals surface area (Å²) in [6, 6.07) is 0. The average molecular weight is 274 g/mol. The zero-order chi connectivity index (χ0) is 13.5. The number of rotatable bonds is 2. The maximum absolute atomic E-state index is 11.8. The van der Waals surface area contributed by atoms with Gasteiger partial charge < -0.3 is 15.6 Å². The highest BCUT2D eigenvalue weighted by atomic mass is 35.5. The first-order valence-electron chi connectivity index (χ1n) is 5.65. The van der Waals surface area contributed by atoms with Crippen molar-refractivity contribution in [3.05, 3.63) is 22.2 Å². The number of anilines is 1. The van der Waals surface area contributed by atoms with Crippen LogP contribution >= 0.6 is 11.6 Å². The second-order valence-electron chi connectivity index (χ2n) is 4.77. The Morgan fingerprint density at radius 3 is 3.00 bits per heavy atom. The minimum absolute atomic E-state index is 0.130. The Bertz CT molecular complexity index is 515. The van der Waals surface area contributed by atoms with Crippen LogP contribution in [0.15, 0.2) is 11.0 Å². The Kier molecular flexibility index (Phi) is 3.35. The molecule has 0 amide bonds. The number of aromatic nitrogens is 2. The molecule has 7 heteroatoms. The van der Waals surface area contributed by atoms with Gasteiger partial charge >= 0.3 is 5.69 Å². The summed E-state index contributed by atoms with van der Waals surface area (Å²) in [6.45, 7) is 3.39. The van der Waals surface area contributed by atoms with Gasteiger partial charge in [-0.2, -0.15) is 4.98 Å². The third kappa shape index (κ3) is 2.23. The third-order valence-corrected chi connectivity index (χ3v) is 3.43. The minimum atomic E-state index is -0.762. The van der Waals surface area contributed by atoms with E-state index in [0.717, 1.165) is 0 Å². The maximum Gasteiger partial charge on any atom is 0.351 e. The number of nitrogens with two attached hydrogens (primary N) is 1. The first-order valence-corrected chi connectivity index (χ1v) is 6.03. The van der Waals surface area contributed by atoms with Gasteiger partial charge in [0.2, 0.25) is 0 Å². The van der Waals surface area contributed by atoms with Crippen molar-refractivity contribution in [2.45, 2.75) is 37.5 Å². The smallest absolute Gasteiger partial charge is 0.351 e. The number of halogens is 1. The molecule has 0 bridgehead atoms. The van der Waals surface area contributed by atoms with Gasteiger partial charge in [-0.1, -0.05) is 0 Å². The summed E-state index contributed by atoms with van der Waals surface area (Å²) in [7, 11) is 0. The van der Waals surface area contributed by atoms with Crippen molar-refractivity contribution < 1.29 is 9.84 Å². The quantitative estimate of drug-likeness (QED) is 0.762. The summed E-state index contributed by atoms with van der Waals surface area (Å²) in [5.41, 5.74) is 5.74. The molecule has 1 aliphatic rings. The Balaban J connectivity index is 2.43. The van der Waals surface area contributed by atoms with Crippen molar-refractivity contribution in [2.24, 2.45) is 0 Å². The number of hydrogen-bond donors (Lipinski definition) is 2. The van der Waals surface area contributed by atoms with Gasteiger partial charge in [0.1, 0.15) is 5.82 Å². The van der Waals surface area contributed by atoms with Gasteiger partial charge in [0.15, 0.2) is 6.23 Å². The van der Waals surface area contributed by atoms with Crippen LogP contribution in [-0.2, 0) is 4.74 Å². The Morgan fingerprint density at radius 2 is 2.44 bits per heavy atom. The van der Waals surface area contributed by atoms with Crippen LogP contribution in [0.4, 0.5) is 5.82 Å². The third-order valence-electron chi connectivity index (χ3n) is 3.09. The highest BCUT2D eigenvalue weighted by molar-refractivity contribution is 6.24. The molecule has 2 heterocycles. The highest BCUT2D eigenvalue weighted by Gasteiger charge is 2.45. The molecule has 6 nitrogen and oxygen atoms in total. The summed E-state index contributed by atoms with van der Waals surface area (Å²) in [5, 5.41) is 9.12. The van der Waals surface area contributed by atoms with E-state index in [1.807, 2.05) is 0 Å². The number of hydrogen-bond acceptors (Lipinski definition) is 5. The Morgan fingerprint density at radius 1 is 1.78 bits per heavy atom. The molecule has 0 radical (unpaired) electrons. The van der Waals surface area contributed by atoms with Crippen molar-refractivity contribution in [3.8, 4) is 0 Å². The Hall–Kier alpha value is -1.11. The standard InChI is InChI=1S/C11H16ClN3O3/c1-6-4-15(10(17)14-8(6)13)9-11(2,12)3-7(5-16)18-9/h4,7,9,16H,3,5H2,1-2H3,(H2,13,14,17). The van der Waals surface area contributed by atoms with E-state index in [2.05, 4.69) is 4.98 Å². The van der Waals surface area contributed by atoms with E-state index < -0.39 is 16.8 Å².